The number of nitrogens with zero attached hydrogens (tertiary/aromatic N) is 3. The summed E-state index contributed by atoms with van der Waals surface area (Å²) in [6.07, 6.45) is 0. The van der Waals surface area contributed by atoms with Crippen LogP contribution in [0.2, 0.25) is 0 Å². The number of ketones is 1. The average Bonchev–Trinajstić information content (AvgIpc) is 2.87. The van der Waals surface area contributed by atoms with Crippen LogP contribution in [0.3, 0.4) is 0 Å². The minimum atomic E-state index is -0.752. The summed E-state index contributed by atoms with van der Waals surface area (Å²) in [4.78, 5) is 45.3. The maximum atomic E-state index is 11.9. The highest BCUT2D eigenvalue weighted by atomic mass is 16.6. The fourth-order valence-electron chi connectivity index (χ4n) is 2.40. The summed E-state index contributed by atoms with van der Waals surface area (Å²) < 4.78 is 6.03. The molecule has 2 aromatic rings. The largest absolute Gasteiger partial charge is 0.454 e. The molecule has 0 atom stereocenters. The maximum Gasteiger partial charge on any atom is 0.328 e. The van der Waals surface area contributed by atoms with Crippen molar-refractivity contribution in [1.29, 1.82) is 0 Å². The number of benzene rings is 1. The lowest BCUT2D eigenvalue weighted by Crippen LogP contribution is -2.23. The first kappa shape index (κ1) is 19.8. The molecule has 0 saturated heterocycles. The number of Topliss-reactive ketones (excluding diaryl/α,β-unsaturated/α-hetero) is 1. The topological polar surface area (TPSA) is 133 Å². The molecule has 1 amide bonds. The number of carbonyl (C=O) groups excluding carboxylic acids is 3. The van der Waals surface area contributed by atoms with Gasteiger partial charge in [-0.3, -0.25) is 29.2 Å². The van der Waals surface area contributed by atoms with E-state index in [9.17, 15) is 24.5 Å². The molecule has 1 heterocycles. The standard InChI is InChI=1S/C17H18N4O6/c1-10-17(21(25)26)11(2)20(19-10)8-16(24)27-9-15(23)18-14-6-4-13(5-7-14)12(3)22/h4-7H,8-9H2,1-3H3,(H,18,23). The number of hydrogen-bond acceptors (Lipinski definition) is 7. The predicted octanol–water partition coefficient (Wildman–Crippen LogP) is 1.79. The molecule has 0 aliphatic carbocycles. The molecule has 0 fully saturated rings. The van der Waals surface area contributed by atoms with E-state index in [1.54, 1.807) is 24.3 Å². The molecule has 10 nitrogen and oxygen atoms in total. The third-order valence-electron chi connectivity index (χ3n) is 3.74. The van der Waals surface area contributed by atoms with Crippen LogP contribution in [0.25, 0.3) is 0 Å². The number of rotatable bonds is 7. The molecule has 0 unspecified atom stereocenters. The fourth-order valence-corrected chi connectivity index (χ4v) is 2.40. The molecule has 1 N–H and O–H groups in total. The van der Waals surface area contributed by atoms with E-state index < -0.39 is 23.4 Å². The highest BCUT2D eigenvalue weighted by molar-refractivity contribution is 5.96. The van der Waals surface area contributed by atoms with Crippen molar-refractivity contribution in [2.45, 2.75) is 27.3 Å². The van der Waals surface area contributed by atoms with Crippen LogP contribution in [-0.4, -0.2) is 39.0 Å². The predicted molar refractivity (Wildman–Crippen MR) is 94.4 cm³/mol. The molecular formula is C17H18N4O6. The lowest BCUT2D eigenvalue weighted by molar-refractivity contribution is -0.386. The minimum Gasteiger partial charge on any atom is -0.454 e. The van der Waals surface area contributed by atoms with Crippen molar-refractivity contribution in [3.8, 4) is 0 Å². The SMILES string of the molecule is CC(=O)c1ccc(NC(=O)COC(=O)Cn2nc(C)c([N+](=O)[O-])c2C)cc1. The van der Waals surface area contributed by atoms with E-state index in [0.29, 0.717) is 11.3 Å². The monoisotopic (exact) mass is 374 g/mol. The van der Waals surface area contributed by atoms with Crippen LogP contribution in [0.1, 0.15) is 28.7 Å². The van der Waals surface area contributed by atoms with Crippen LogP contribution in [-0.2, 0) is 20.9 Å². The van der Waals surface area contributed by atoms with Gasteiger partial charge in [-0.05, 0) is 45.0 Å². The number of anilines is 1. The van der Waals surface area contributed by atoms with E-state index in [4.69, 9.17) is 4.74 Å². The lowest BCUT2D eigenvalue weighted by atomic mass is 10.1. The minimum absolute atomic E-state index is 0.0915. The third-order valence-corrected chi connectivity index (χ3v) is 3.74. The van der Waals surface area contributed by atoms with E-state index in [0.717, 1.165) is 4.68 Å². The molecule has 2 rings (SSSR count). The zero-order valence-corrected chi connectivity index (χ0v) is 15.0. The molecule has 0 aliphatic heterocycles. The van der Waals surface area contributed by atoms with E-state index in [2.05, 4.69) is 10.4 Å². The second kappa shape index (κ2) is 8.21. The van der Waals surface area contributed by atoms with Crippen molar-refractivity contribution in [2.24, 2.45) is 0 Å². The van der Waals surface area contributed by atoms with Crippen LogP contribution < -0.4 is 5.32 Å². The van der Waals surface area contributed by atoms with Gasteiger partial charge < -0.3 is 10.1 Å². The van der Waals surface area contributed by atoms with Gasteiger partial charge in [0.1, 0.15) is 17.9 Å². The van der Waals surface area contributed by atoms with Gasteiger partial charge in [-0.2, -0.15) is 5.10 Å². The van der Waals surface area contributed by atoms with E-state index >= 15 is 0 Å². The first-order chi connectivity index (χ1) is 12.7. The van der Waals surface area contributed by atoms with Crippen LogP contribution in [0.4, 0.5) is 11.4 Å². The van der Waals surface area contributed by atoms with Crippen molar-refractivity contribution < 1.29 is 24.0 Å². The molecule has 0 radical (unpaired) electrons. The number of amides is 1. The summed E-state index contributed by atoms with van der Waals surface area (Å²) in [6, 6.07) is 6.26. The number of hydrogen-bond donors (Lipinski definition) is 1. The Balaban J connectivity index is 1.88. The van der Waals surface area contributed by atoms with Gasteiger partial charge in [0.05, 0.1) is 4.92 Å². The van der Waals surface area contributed by atoms with Crippen molar-refractivity contribution in [1.82, 2.24) is 9.78 Å². The Morgan fingerprint density at radius 2 is 1.85 bits per heavy atom. The summed E-state index contributed by atoms with van der Waals surface area (Å²) in [5.74, 6) is -1.40. The molecule has 0 spiro atoms. The number of nitrogens with one attached hydrogen (secondary N) is 1. The smallest absolute Gasteiger partial charge is 0.328 e. The summed E-state index contributed by atoms with van der Waals surface area (Å²) in [5, 5.41) is 17.4. The van der Waals surface area contributed by atoms with Crippen LogP contribution in [0.5, 0.6) is 0 Å². The number of ether oxygens (including phenoxy) is 1. The first-order valence-electron chi connectivity index (χ1n) is 7.94. The van der Waals surface area contributed by atoms with Gasteiger partial charge in [0, 0.05) is 11.3 Å². The number of nitro groups is 1. The molecule has 0 saturated carbocycles. The molecule has 1 aromatic carbocycles. The van der Waals surface area contributed by atoms with Crippen molar-refractivity contribution in [3.63, 3.8) is 0 Å². The molecule has 0 aliphatic rings. The van der Waals surface area contributed by atoms with Gasteiger partial charge in [-0.25, -0.2) is 0 Å². The Bertz CT molecular complexity index is 901. The van der Waals surface area contributed by atoms with E-state index in [-0.39, 0.29) is 29.4 Å². The second-order valence-electron chi connectivity index (χ2n) is 5.78. The summed E-state index contributed by atoms with van der Waals surface area (Å²) in [7, 11) is 0. The van der Waals surface area contributed by atoms with Gasteiger partial charge in [0.2, 0.25) is 0 Å². The van der Waals surface area contributed by atoms with Gasteiger partial charge in [-0.15, -0.1) is 0 Å². The molecule has 142 valence electrons. The fraction of sp³-hybridized carbons (Fsp3) is 0.294. The Kier molecular flexibility index (Phi) is 6.01. The van der Waals surface area contributed by atoms with E-state index in [1.807, 2.05) is 0 Å². The summed E-state index contributed by atoms with van der Waals surface area (Å²) in [5.41, 5.74) is 1.23. The van der Waals surface area contributed by atoms with E-state index in [1.165, 1.54) is 20.8 Å². The van der Waals surface area contributed by atoms with Crippen molar-refractivity contribution in [2.75, 3.05) is 11.9 Å². The van der Waals surface area contributed by atoms with Gasteiger partial charge >= 0.3 is 11.7 Å². The molecule has 1 aromatic heterocycles. The van der Waals surface area contributed by atoms with Crippen LogP contribution in [0.15, 0.2) is 24.3 Å². The summed E-state index contributed by atoms with van der Waals surface area (Å²) >= 11 is 0. The quantitative estimate of drug-likeness (QED) is 0.338. The molecular weight excluding hydrogens is 356 g/mol. The third kappa shape index (κ3) is 4.97. The molecule has 0 bridgehead atoms. The Hall–Kier alpha value is -3.56. The Morgan fingerprint density at radius 3 is 2.37 bits per heavy atom. The zero-order chi connectivity index (χ0) is 20.1. The second-order valence-corrected chi connectivity index (χ2v) is 5.78. The lowest BCUT2D eigenvalue weighted by Gasteiger charge is -2.07. The number of aryl methyl sites for hydroxylation is 1. The Labute approximate surface area is 154 Å². The number of carbonyl (C=O) groups is 3. The van der Waals surface area contributed by atoms with Crippen LogP contribution >= 0.6 is 0 Å². The maximum absolute atomic E-state index is 11.9. The van der Waals surface area contributed by atoms with Crippen LogP contribution in [0, 0.1) is 24.0 Å². The molecule has 10 heteroatoms. The van der Waals surface area contributed by atoms with Crippen molar-refractivity contribution in [3.05, 3.63) is 51.3 Å². The highest BCUT2D eigenvalue weighted by Crippen LogP contribution is 2.21. The number of aromatic nitrogens is 2. The molecule has 27 heavy (non-hydrogen) atoms. The zero-order valence-electron chi connectivity index (χ0n) is 15.0. The van der Waals surface area contributed by atoms with Gasteiger partial charge in [0.25, 0.3) is 5.91 Å². The average molecular weight is 374 g/mol. The highest BCUT2D eigenvalue weighted by Gasteiger charge is 2.23. The first-order valence-corrected chi connectivity index (χ1v) is 7.94. The normalized spacial score (nSPS) is 10.3. The van der Waals surface area contributed by atoms with Gasteiger partial charge in [0.15, 0.2) is 12.4 Å². The van der Waals surface area contributed by atoms with Gasteiger partial charge in [-0.1, -0.05) is 0 Å². The summed E-state index contributed by atoms with van der Waals surface area (Å²) in [6.45, 7) is 3.51. The Morgan fingerprint density at radius 1 is 1.22 bits per heavy atom. The number of esters is 1. The van der Waals surface area contributed by atoms with Crippen molar-refractivity contribution >= 4 is 29.0 Å².